The molecule has 1 aromatic rings. The summed E-state index contributed by atoms with van der Waals surface area (Å²) in [5.41, 5.74) is 1.33. The number of amides is 3. The Balaban J connectivity index is 1.62. The lowest BCUT2D eigenvalue weighted by atomic mass is 9.84. The standard InChI is InChI=1S/C20H27N3O2/c1-22(16-10-3-4-11-16)14-23-18(24)20(21-19(23)25)13-7-6-9-15-8-2-5-12-17(15)20/h2,5,8,12,16H,3-4,6-7,9-11,13-14H2,1H3,(H,21,25)/t20-/m1/s1. The molecule has 1 saturated heterocycles. The molecule has 0 unspecified atom stereocenters. The van der Waals surface area contributed by atoms with Crippen LogP contribution in [0.15, 0.2) is 24.3 Å². The first-order valence-electron chi connectivity index (χ1n) is 9.54. The van der Waals surface area contributed by atoms with Crippen molar-refractivity contribution in [2.75, 3.05) is 13.7 Å². The number of aryl methyl sites for hydroxylation is 1. The maximum absolute atomic E-state index is 13.4. The Labute approximate surface area is 149 Å². The zero-order valence-corrected chi connectivity index (χ0v) is 15.0. The lowest BCUT2D eigenvalue weighted by molar-refractivity contribution is -0.133. The second-order valence-corrected chi connectivity index (χ2v) is 7.77. The molecule has 1 heterocycles. The van der Waals surface area contributed by atoms with E-state index in [1.807, 2.05) is 25.2 Å². The van der Waals surface area contributed by atoms with Crippen LogP contribution >= 0.6 is 0 Å². The minimum absolute atomic E-state index is 0.0725. The zero-order valence-electron chi connectivity index (χ0n) is 15.0. The van der Waals surface area contributed by atoms with E-state index in [1.165, 1.54) is 23.3 Å². The van der Waals surface area contributed by atoms with Crippen molar-refractivity contribution < 1.29 is 9.59 Å². The molecule has 1 aliphatic heterocycles. The number of fused-ring (bicyclic) bond motifs is 2. The molecule has 25 heavy (non-hydrogen) atoms. The van der Waals surface area contributed by atoms with Gasteiger partial charge in [0.2, 0.25) is 0 Å². The third-order valence-electron chi connectivity index (χ3n) is 6.21. The fraction of sp³-hybridized carbons (Fsp3) is 0.600. The van der Waals surface area contributed by atoms with Gasteiger partial charge in [-0.1, -0.05) is 37.1 Å². The van der Waals surface area contributed by atoms with Gasteiger partial charge in [0.15, 0.2) is 0 Å². The Hall–Kier alpha value is -1.88. The lowest BCUT2D eigenvalue weighted by Gasteiger charge is -2.30. The third-order valence-corrected chi connectivity index (χ3v) is 6.21. The number of benzene rings is 1. The SMILES string of the molecule is CN(CN1C(=O)N[C@@]2(CCCCc3ccccc32)C1=O)C1CCCC1. The van der Waals surface area contributed by atoms with Crippen molar-refractivity contribution in [1.82, 2.24) is 15.1 Å². The average Bonchev–Trinajstić information content (AvgIpc) is 3.18. The van der Waals surface area contributed by atoms with Gasteiger partial charge in [-0.2, -0.15) is 0 Å². The molecule has 5 nitrogen and oxygen atoms in total. The summed E-state index contributed by atoms with van der Waals surface area (Å²) in [6, 6.07) is 8.34. The summed E-state index contributed by atoms with van der Waals surface area (Å²) >= 11 is 0. The predicted molar refractivity (Wildman–Crippen MR) is 95.9 cm³/mol. The van der Waals surface area contributed by atoms with Crippen LogP contribution in [0.2, 0.25) is 0 Å². The van der Waals surface area contributed by atoms with E-state index < -0.39 is 5.54 Å². The Morgan fingerprint density at radius 2 is 1.92 bits per heavy atom. The van der Waals surface area contributed by atoms with Crippen molar-refractivity contribution in [2.45, 2.75) is 62.9 Å². The van der Waals surface area contributed by atoms with Gasteiger partial charge in [0.1, 0.15) is 5.54 Å². The van der Waals surface area contributed by atoms with Crippen molar-refractivity contribution in [2.24, 2.45) is 0 Å². The van der Waals surface area contributed by atoms with Gasteiger partial charge in [-0.3, -0.25) is 9.69 Å². The van der Waals surface area contributed by atoms with Crippen LogP contribution in [0.4, 0.5) is 4.79 Å². The zero-order chi connectivity index (χ0) is 17.4. The molecule has 1 aromatic carbocycles. The van der Waals surface area contributed by atoms with Crippen LogP contribution in [0.25, 0.3) is 0 Å². The monoisotopic (exact) mass is 341 g/mol. The van der Waals surface area contributed by atoms with Crippen LogP contribution in [-0.2, 0) is 16.8 Å². The largest absolute Gasteiger partial charge is 0.326 e. The highest BCUT2D eigenvalue weighted by atomic mass is 16.2. The molecule has 5 heteroatoms. The van der Waals surface area contributed by atoms with Crippen molar-refractivity contribution in [3.63, 3.8) is 0 Å². The highest BCUT2D eigenvalue weighted by Gasteiger charge is 2.53. The molecule has 1 atom stereocenters. The number of carbonyl (C=O) groups is 2. The molecule has 1 saturated carbocycles. The third kappa shape index (κ3) is 2.74. The van der Waals surface area contributed by atoms with E-state index in [4.69, 9.17) is 0 Å². The summed E-state index contributed by atoms with van der Waals surface area (Å²) in [6.07, 6.45) is 8.49. The van der Waals surface area contributed by atoms with Gasteiger partial charge in [0.05, 0.1) is 6.67 Å². The highest BCUT2D eigenvalue weighted by Crippen LogP contribution is 2.39. The van der Waals surface area contributed by atoms with E-state index in [0.29, 0.717) is 19.1 Å². The molecule has 0 radical (unpaired) electrons. The topological polar surface area (TPSA) is 52.6 Å². The molecule has 4 rings (SSSR count). The summed E-state index contributed by atoms with van der Waals surface area (Å²) in [5, 5.41) is 3.07. The molecule has 3 amide bonds. The first-order chi connectivity index (χ1) is 12.1. The first-order valence-corrected chi connectivity index (χ1v) is 9.54. The number of imide groups is 1. The van der Waals surface area contributed by atoms with Gasteiger partial charge in [-0.15, -0.1) is 0 Å². The Bertz CT molecular complexity index is 683. The second-order valence-electron chi connectivity index (χ2n) is 7.77. The maximum atomic E-state index is 13.4. The van der Waals surface area contributed by atoms with Crippen molar-refractivity contribution in [3.05, 3.63) is 35.4 Å². The molecule has 134 valence electrons. The van der Waals surface area contributed by atoms with E-state index in [2.05, 4.69) is 16.3 Å². The van der Waals surface area contributed by atoms with E-state index >= 15 is 0 Å². The normalized spacial score (nSPS) is 27.0. The van der Waals surface area contributed by atoms with E-state index in [1.54, 1.807) is 0 Å². The average molecular weight is 341 g/mol. The van der Waals surface area contributed by atoms with Crippen molar-refractivity contribution in [3.8, 4) is 0 Å². The lowest BCUT2D eigenvalue weighted by Crippen LogP contribution is -2.46. The predicted octanol–water partition coefficient (Wildman–Crippen LogP) is 2.99. The Morgan fingerprint density at radius 1 is 1.16 bits per heavy atom. The van der Waals surface area contributed by atoms with Gasteiger partial charge in [-0.25, -0.2) is 9.69 Å². The fourth-order valence-electron chi connectivity index (χ4n) is 4.79. The van der Waals surface area contributed by atoms with E-state index in [-0.39, 0.29) is 11.9 Å². The van der Waals surface area contributed by atoms with E-state index in [9.17, 15) is 9.59 Å². The molecule has 2 aliphatic carbocycles. The number of carbonyl (C=O) groups excluding carboxylic acids is 2. The smallest absolute Gasteiger partial charge is 0.319 e. The van der Waals surface area contributed by atoms with Crippen LogP contribution in [0.1, 0.15) is 56.1 Å². The Morgan fingerprint density at radius 3 is 2.72 bits per heavy atom. The molecule has 1 spiro atoms. The molecule has 2 fully saturated rings. The minimum atomic E-state index is -0.860. The minimum Gasteiger partial charge on any atom is -0.319 e. The molecular weight excluding hydrogens is 314 g/mol. The number of nitrogens with zero attached hydrogens (tertiary/aromatic N) is 2. The summed E-state index contributed by atoms with van der Waals surface area (Å²) < 4.78 is 0. The first kappa shape index (κ1) is 16.6. The van der Waals surface area contributed by atoms with Crippen molar-refractivity contribution >= 4 is 11.9 Å². The fourth-order valence-corrected chi connectivity index (χ4v) is 4.79. The number of urea groups is 1. The number of hydrogen-bond donors (Lipinski definition) is 1. The number of hydrogen-bond acceptors (Lipinski definition) is 3. The Kier molecular flexibility index (Phi) is 4.28. The van der Waals surface area contributed by atoms with Gasteiger partial charge >= 0.3 is 6.03 Å². The van der Waals surface area contributed by atoms with E-state index in [0.717, 1.165) is 37.7 Å². The summed E-state index contributed by atoms with van der Waals surface area (Å²) in [7, 11) is 2.03. The van der Waals surface area contributed by atoms with Crippen LogP contribution in [-0.4, -0.2) is 41.5 Å². The van der Waals surface area contributed by atoms with Gasteiger partial charge in [0.25, 0.3) is 5.91 Å². The molecule has 1 N–H and O–H groups in total. The molecule has 3 aliphatic rings. The molecular formula is C20H27N3O2. The van der Waals surface area contributed by atoms with Crippen molar-refractivity contribution in [1.29, 1.82) is 0 Å². The molecule has 0 aromatic heterocycles. The van der Waals surface area contributed by atoms with Crippen LogP contribution in [0, 0.1) is 0 Å². The van der Waals surface area contributed by atoms with Crippen LogP contribution in [0.3, 0.4) is 0 Å². The highest BCUT2D eigenvalue weighted by molar-refractivity contribution is 6.07. The summed E-state index contributed by atoms with van der Waals surface area (Å²) in [4.78, 5) is 29.7. The van der Waals surface area contributed by atoms with Gasteiger partial charge in [-0.05, 0) is 56.7 Å². The summed E-state index contributed by atoms with van der Waals surface area (Å²) in [5.74, 6) is -0.0725. The maximum Gasteiger partial charge on any atom is 0.326 e. The van der Waals surface area contributed by atoms with Crippen LogP contribution in [0.5, 0.6) is 0 Å². The van der Waals surface area contributed by atoms with Gasteiger partial charge < -0.3 is 5.32 Å². The quantitative estimate of drug-likeness (QED) is 0.860. The number of nitrogens with one attached hydrogen (secondary N) is 1. The summed E-state index contributed by atoms with van der Waals surface area (Å²) in [6.45, 7) is 0.388. The molecule has 0 bridgehead atoms. The second kappa shape index (κ2) is 6.45. The van der Waals surface area contributed by atoms with Gasteiger partial charge in [0, 0.05) is 6.04 Å². The van der Waals surface area contributed by atoms with Crippen LogP contribution < -0.4 is 5.32 Å². The number of rotatable bonds is 3.